The van der Waals surface area contributed by atoms with Gasteiger partial charge in [-0.25, -0.2) is 4.79 Å². The van der Waals surface area contributed by atoms with Crippen LogP contribution in [0.5, 0.6) is 11.5 Å². The maximum Gasteiger partial charge on any atom is 0.387 e. The first-order valence-corrected chi connectivity index (χ1v) is 9.72. The van der Waals surface area contributed by atoms with E-state index in [0.29, 0.717) is 25.8 Å². The standard InChI is InChI=1S/C20H30F2N2O4/c1-24(14-15-9-10-17(28-19(21)22)18(13-15)26-2)20(25)23-11-6-12-27-16-7-4-3-5-8-16/h9-10,13,16,19H,3-8,11-12,14H2,1-2H3,(H,23,25). The molecule has 8 heteroatoms. The van der Waals surface area contributed by atoms with Crippen LogP contribution in [0.25, 0.3) is 0 Å². The highest BCUT2D eigenvalue weighted by Crippen LogP contribution is 2.29. The molecule has 1 aliphatic rings. The second kappa shape index (κ2) is 11.7. The fourth-order valence-corrected chi connectivity index (χ4v) is 3.23. The number of carbonyl (C=O) groups is 1. The monoisotopic (exact) mass is 400 g/mol. The predicted octanol–water partition coefficient (Wildman–Crippen LogP) is 4.18. The van der Waals surface area contributed by atoms with Crippen molar-refractivity contribution in [3.8, 4) is 11.5 Å². The van der Waals surface area contributed by atoms with Crippen molar-refractivity contribution >= 4 is 6.03 Å². The van der Waals surface area contributed by atoms with Gasteiger partial charge in [-0.2, -0.15) is 8.78 Å². The lowest BCUT2D eigenvalue weighted by Gasteiger charge is -2.22. The van der Waals surface area contributed by atoms with Crippen molar-refractivity contribution in [3.05, 3.63) is 23.8 Å². The molecule has 28 heavy (non-hydrogen) atoms. The van der Waals surface area contributed by atoms with Gasteiger partial charge in [0.1, 0.15) is 0 Å². The van der Waals surface area contributed by atoms with Crippen molar-refractivity contribution in [2.45, 2.75) is 57.8 Å². The number of halogens is 2. The van der Waals surface area contributed by atoms with E-state index in [0.717, 1.165) is 24.8 Å². The summed E-state index contributed by atoms with van der Waals surface area (Å²) in [5.41, 5.74) is 0.747. The molecule has 0 spiro atoms. The van der Waals surface area contributed by atoms with Gasteiger partial charge < -0.3 is 24.4 Å². The van der Waals surface area contributed by atoms with Crippen LogP contribution in [0.4, 0.5) is 13.6 Å². The number of alkyl halides is 2. The van der Waals surface area contributed by atoms with Crippen LogP contribution >= 0.6 is 0 Å². The van der Waals surface area contributed by atoms with E-state index >= 15 is 0 Å². The number of rotatable bonds is 10. The van der Waals surface area contributed by atoms with Crippen molar-refractivity contribution in [1.29, 1.82) is 0 Å². The normalized spacial score (nSPS) is 14.8. The molecule has 0 aromatic heterocycles. The van der Waals surface area contributed by atoms with Gasteiger partial charge >= 0.3 is 12.6 Å². The average molecular weight is 400 g/mol. The smallest absolute Gasteiger partial charge is 0.387 e. The van der Waals surface area contributed by atoms with E-state index < -0.39 is 6.61 Å². The molecule has 0 bridgehead atoms. The van der Waals surface area contributed by atoms with Crippen LogP contribution < -0.4 is 14.8 Å². The maximum atomic E-state index is 12.4. The van der Waals surface area contributed by atoms with Crippen LogP contribution in [0.3, 0.4) is 0 Å². The predicted molar refractivity (Wildman–Crippen MR) is 102 cm³/mol. The van der Waals surface area contributed by atoms with Crippen molar-refractivity contribution in [1.82, 2.24) is 10.2 Å². The fourth-order valence-electron chi connectivity index (χ4n) is 3.23. The zero-order valence-electron chi connectivity index (χ0n) is 16.6. The lowest BCUT2D eigenvalue weighted by atomic mass is 9.98. The molecule has 2 rings (SSSR count). The highest BCUT2D eigenvalue weighted by molar-refractivity contribution is 5.73. The van der Waals surface area contributed by atoms with Crippen molar-refractivity contribution in [2.75, 3.05) is 27.3 Å². The highest BCUT2D eigenvalue weighted by atomic mass is 19.3. The number of nitrogens with zero attached hydrogens (tertiary/aromatic N) is 1. The first-order valence-electron chi connectivity index (χ1n) is 9.72. The Bertz CT molecular complexity index is 610. The van der Waals surface area contributed by atoms with E-state index in [-0.39, 0.29) is 17.5 Å². The second-order valence-corrected chi connectivity index (χ2v) is 6.94. The molecule has 0 unspecified atom stereocenters. The third-order valence-electron chi connectivity index (χ3n) is 4.71. The van der Waals surface area contributed by atoms with Gasteiger partial charge in [-0.1, -0.05) is 25.3 Å². The number of urea groups is 1. The average Bonchev–Trinajstić information content (AvgIpc) is 2.69. The Labute approximate surface area is 165 Å². The molecule has 2 amide bonds. The van der Waals surface area contributed by atoms with Gasteiger partial charge in [-0.3, -0.25) is 0 Å². The summed E-state index contributed by atoms with van der Waals surface area (Å²) >= 11 is 0. The summed E-state index contributed by atoms with van der Waals surface area (Å²) in [4.78, 5) is 13.7. The molecule has 0 radical (unpaired) electrons. The lowest BCUT2D eigenvalue weighted by Crippen LogP contribution is -2.37. The quantitative estimate of drug-likeness (QED) is 0.599. The molecule has 1 saturated carbocycles. The van der Waals surface area contributed by atoms with E-state index in [2.05, 4.69) is 10.1 Å². The Balaban J connectivity index is 1.71. The van der Waals surface area contributed by atoms with E-state index in [9.17, 15) is 13.6 Å². The lowest BCUT2D eigenvalue weighted by molar-refractivity contribution is -0.0512. The molecule has 158 valence electrons. The van der Waals surface area contributed by atoms with Gasteiger partial charge in [0.2, 0.25) is 0 Å². The number of carbonyl (C=O) groups excluding carboxylic acids is 1. The van der Waals surface area contributed by atoms with E-state index in [1.54, 1.807) is 19.2 Å². The molecule has 0 saturated heterocycles. The van der Waals surface area contributed by atoms with E-state index in [1.165, 1.54) is 37.3 Å². The molecule has 1 aromatic carbocycles. The summed E-state index contributed by atoms with van der Waals surface area (Å²) in [6.07, 6.45) is 7.21. The van der Waals surface area contributed by atoms with Crippen LogP contribution in [0.15, 0.2) is 18.2 Å². The Morgan fingerprint density at radius 2 is 2.00 bits per heavy atom. The Hall–Kier alpha value is -2.09. The summed E-state index contributed by atoms with van der Waals surface area (Å²) < 4.78 is 40.1. The number of nitrogens with one attached hydrogen (secondary N) is 1. The number of amides is 2. The van der Waals surface area contributed by atoms with E-state index in [1.807, 2.05) is 0 Å². The molecule has 1 aliphatic carbocycles. The summed E-state index contributed by atoms with van der Waals surface area (Å²) in [6, 6.07) is 4.42. The van der Waals surface area contributed by atoms with Crippen LogP contribution in [-0.4, -0.2) is 51.0 Å². The molecular formula is C20H30F2N2O4. The Morgan fingerprint density at radius 1 is 1.25 bits per heavy atom. The van der Waals surface area contributed by atoms with Crippen molar-refractivity contribution < 1.29 is 27.8 Å². The van der Waals surface area contributed by atoms with Crippen LogP contribution in [-0.2, 0) is 11.3 Å². The van der Waals surface area contributed by atoms with Gasteiger partial charge in [0.05, 0.1) is 13.2 Å². The van der Waals surface area contributed by atoms with Gasteiger partial charge in [-0.15, -0.1) is 0 Å². The van der Waals surface area contributed by atoms with Crippen LogP contribution in [0, 0.1) is 0 Å². The SMILES string of the molecule is COc1cc(CN(C)C(=O)NCCCOC2CCCCC2)ccc1OC(F)F. The fraction of sp³-hybridized carbons (Fsp3) is 0.650. The Morgan fingerprint density at radius 3 is 2.68 bits per heavy atom. The second-order valence-electron chi connectivity index (χ2n) is 6.94. The maximum absolute atomic E-state index is 12.4. The van der Waals surface area contributed by atoms with Gasteiger partial charge in [0.15, 0.2) is 11.5 Å². The molecule has 0 heterocycles. The first-order chi connectivity index (χ1) is 13.5. The topological polar surface area (TPSA) is 60.0 Å². The first kappa shape index (κ1) is 22.2. The molecule has 6 nitrogen and oxygen atoms in total. The van der Waals surface area contributed by atoms with Crippen LogP contribution in [0.1, 0.15) is 44.1 Å². The summed E-state index contributed by atoms with van der Waals surface area (Å²) in [5.74, 6) is 0.165. The summed E-state index contributed by atoms with van der Waals surface area (Å²) in [6.45, 7) is -1.41. The van der Waals surface area contributed by atoms with Crippen LogP contribution in [0.2, 0.25) is 0 Å². The highest BCUT2D eigenvalue weighted by Gasteiger charge is 2.15. The summed E-state index contributed by atoms with van der Waals surface area (Å²) in [5, 5.41) is 2.86. The van der Waals surface area contributed by atoms with Crippen molar-refractivity contribution in [2.24, 2.45) is 0 Å². The molecule has 1 aromatic rings. The largest absolute Gasteiger partial charge is 0.493 e. The third kappa shape index (κ3) is 7.50. The minimum absolute atomic E-state index is 0.0358. The van der Waals surface area contributed by atoms with Crippen molar-refractivity contribution in [3.63, 3.8) is 0 Å². The number of methoxy groups -OCH3 is 1. The van der Waals surface area contributed by atoms with Gasteiger partial charge in [0, 0.05) is 26.7 Å². The zero-order chi connectivity index (χ0) is 20.4. The molecular weight excluding hydrogens is 370 g/mol. The minimum atomic E-state index is -2.92. The molecule has 0 aliphatic heterocycles. The summed E-state index contributed by atoms with van der Waals surface area (Å²) in [7, 11) is 3.05. The zero-order valence-corrected chi connectivity index (χ0v) is 16.6. The van der Waals surface area contributed by atoms with Gasteiger partial charge in [0.25, 0.3) is 0 Å². The third-order valence-corrected chi connectivity index (χ3v) is 4.71. The number of hydrogen-bond donors (Lipinski definition) is 1. The number of ether oxygens (including phenoxy) is 3. The molecule has 0 atom stereocenters. The molecule has 1 N–H and O–H groups in total. The molecule has 1 fully saturated rings. The number of hydrogen-bond acceptors (Lipinski definition) is 4. The van der Waals surface area contributed by atoms with Gasteiger partial charge in [-0.05, 0) is 37.0 Å². The van der Waals surface area contributed by atoms with E-state index in [4.69, 9.17) is 9.47 Å². The number of benzene rings is 1. The minimum Gasteiger partial charge on any atom is -0.493 e. The Kier molecular flexibility index (Phi) is 9.27.